The number of rotatable bonds is 3. The molecule has 4 nitrogen and oxygen atoms in total. The quantitative estimate of drug-likeness (QED) is 0.863. The van der Waals surface area contributed by atoms with Crippen LogP contribution in [-0.4, -0.2) is 23.1 Å². The van der Waals surface area contributed by atoms with Gasteiger partial charge in [0.25, 0.3) is 0 Å². The molecule has 3 rings (SSSR count). The first-order chi connectivity index (χ1) is 10.7. The zero-order chi connectivity index (χ0) is 15.4. The van der Waals surface area contributed by atoms with Crippen molar-refractivity contribution >= 4 is 33.4 Å². The van der Waals surface area contributed by atoms with Crippen LogP contribution in [0.5, 0.6) is 0 Å². The number of nitrogens with one attached hydrogen (secondary N) is 1. The summed E-state index contributed by atoms with van der Waals surface area (Å²) < 4.78 is 1.04. The smallest absolute Gasteiger partial charge is 0.229 e. The summed E-state index contributed by atoms with van der Waals surface area (Å²) in [4.78, 5) is 11.6. The summed E-state index contributed by atoms with van der Waals surface area (Å²) in [5.74, 6) is 1.70. The number of nitrogens with zero attached hydrogens (tertiary/aromatic N) is 3. The van der Waals surface area contributed by atoms with Crippen LogP contribution in [0.4, 0.5) is 17.5 Å². The van der Waals surface area contributed by atoms with Gasteiger partial charge in [0.15, 0.2) is 0 Å². The van der Waals surface area contributed by atoms with E-state index in [1.807, 2.05) is 31.2 Å². The van der Waals surface area contributed by atoms with Crippen LogP contribution in [0.1, 0.15) is 31.4 Å². The molecule has 1 saturated heterocycles. The second kappa shape index (κ2) is 7.09. The number of hydrogen-bond acceptors (Lipinski definition) is 4. The molecule has 1 aliphatic heterocycles. The van der Waals surface area contributed by atoms with E-state index in [0.29, 0.717) is 5.95 Å². The number of aromatic nitrogens is 2. The largest absolute Gasteiger partial charge is 0.356 e. The molecule has 0 radical (unpaired) electrons. The Morgan fingerprint density at radius 3 is 2.55 bits per heavy atom. The highest BCUT2D eigenvalue weighted by Gasteiger charge is 2.13. The first-order valence-corrected chi connectivity index (χ1v) is 8.63. The molecule has 1 aliphatic rings. The second-order valence-electron chi connectivity index (χ2n) is 5.73. The summed E-state index contributed by atoms with van der Waals surface area (Å²) in [5, 5.41) is 3.30. The van der Waals surface area contributed by atoms with Crippen molar-refractivity contribution < 1.29 is 0 Å². The van der Waals surface area contributed by atoms with Gasteiger partial charge in [-0.15, -0.1) is 0 Å². The van der Waals surface area contributed by atoms with E-state index in [1.165, 1.54) is 25.7 Å². The van der Waals surface area contributed by atoms with Gasteiger partial charge in [-0.05, 0) is 38.0 Å². The Hall–Kier alpha value is -1.62. The number of anilines is 3. The Balaban J connectivity index is 1.82. The maximum absolute atomic E-state index is 4.71. The van der Waals surface area contributed by atoms with Crippen LogP contribution in [-0.2, 0) is 0 Å². The number of aryl methyl sites for hydroxylation is 1. The molecule has 0 spiro atoms. The minimum absolute atomic E-state index is 0.664. The average molecular weight is 361 g/mol. The van der Waals surface area contributed by atoms with Gasteiger partial charge >= 0.3 is 0 Å². The topological polar surface area (TPSA) is 41.1 Å². The van der Waals surface area contributed by atoms with E-state index in [0.717, 1.165) is 34.8 Å². The summed E-state index contributed by atoms with van der Waals surface area (Å²) >= 11 is 3.49. The van der Waals surface area contributed by atoms with Gasteiger partial charge in [-0.2, -0.15) is 4.98 Å². The summed E-state index contributed by atoms with van der Waals surface area (Å²) in [6.07, 6.45) is 5.14. The summed E-state index contributed by atoms with van der Waals surface area (Å²) in [7, 11) is 0. The van der Waals surface area contributed by atoms with Gasteiger partial charge in [0, 0.05) is 35.0 Å². The first-order valence-electron chi connectivity index (χ1n) is 7.84. The van der Waals surface area contributed by atoms with E-state index in [9.17, 15) is 0 Å². The third-order valence-corrected chi connectivity index (χ3v) is 4.34. The monoisotopic (exact) mass is 360 g/mol. The van der Waals surface area contributed by atoms with Crippen LogP contribution in [0.15, 0.2) is 34.8 Å². The summed E-state index contributed by atoms with van der Waals surface area (Å²) in [6.45, 7) is 4.20. The second-order valence-corrected chi connectivity index (χ2v) is 6.64. The molecular formula is C17H21BrN4. The van der Waals surface area contributed by atoms with Gasteiger partial charge in [0.2, 0.25) is 5.95 Å². The Morgan fingerprint density at radius 1 is 1.05 bits per heavy atom. The normalized spacial score (nSPS) is 15.5. The fourth-order valence-electron chi connectivity index (χ4n) is 2.76. The third kappa shape index (κ3) is 3.97. The van der Waals surface area contributed by atoms with Crippen LogP contribution in [0.3, 0.4) is 0 Å². The van der Waals surface area contributed by atoms with Gasteiger partial charge in [-0.25, -0.2) is 4.98 Å². The molecule has 0 aliphatic carbocycles. The predicted octanol–water partition coefficient (Wildman–Crippen LogP) is 4.67. The van der Waals surface area contributed by atoms with Crippen molar-refractivity contribution in [2.75, 3.05) is 23.3 Å². The number of hydrogen-bond donors (Lipinski definition) is 1. The molecule has 5 heteroatoms. The molecule has 2 aromatic rings. The summed E-state index contributed by atoms with van der Waals surface area (Å²) in [6, 6.07) is 10.1. The van der Waals surface area contributed by atoms with Crippen molar-refractivity contribution in [1.29, 1.82) is 0 Å². The van der Waals surface area contributed by atoms with E-state index in [2.05, 4.69) is 37.2 Å². The highest BCUT2D eigenvalue weighted by molar-refractivity contribution is 9.10. The zero-order valence-electron chi connectivity index (χ0n) is 12.8. The minimum atomic E-state index is 0.664. The lowest BCUT2D eigenvalue weighted by Crippen LogP contribution is -2.25. The number of benzene rings is 1. The fourth-order valence-corrected chi connectivity index (χ4v) is 3.16. The Kier molecular flexibility index (Phi) is 4.93. The molecule has 2 heterocycles. The van der Waals surface area contributed by atoms with Gasteiger partial charge in [0.05, 0.1) is 0 Å². The molecule has 1 N–H and O–H groups in total. The molecule has 1 fully saturated rings. The lowest BCUT2D eigenvalue weighted by atomic mass is 10.2. The van der Waals surface area contributed by atoms with Crippen LogP contribution in [0, 0.1) is 6.92 Å². The molecule has 0 saturated carbocycles. The molecule has 0 amide bonds. The van der Waals surface area contributed by atoms with Crippen molar-refractivity contribution in [3.63, 3.8) is 0 Å². The molecule has 1 aromatic heterocycles. The van der Waals surface area contributed by atoms with Gasteiger partial charge < -0.3 is 10.2 Å². The van der Waals surface area contributed by atoms with Crippen LogP contribution < -0.4 is 10.2 Å². The molecule has 1 aromatic carbocycles. The van der Waals surface area contributed by atoms with Crippen molar-refractivity contribution in [1.82, 2.24) is 9.97 Å². The Bertz CT molecular complexity index is 636. The lowest BCUT2D eigenvalue weighted by Gasteiger charge is -2.22. The van der Waals surface area contributed by atoms with Gasteiger partial charge in [-0.3, -0.25) is 0 Å². The van der Waals surface area contributed by atoms with E-state index in [1.54, 1.807) is 0 Å². The first kappa shape index (κ1) is 15.3. The highest BCUT2D eigenvalue weighted by atomic mass is 79.9. The highest BCUT2D eigenvalue weighted by Crippen LogP contribution is 2.22. The van der Waals surface area contributed by atoms with Crippen molar-refractivity contribution in [2.45, 2.75) is 32.6 Å². The van der Waals surface area contributed by atoms with Crippen molar-refractivity contribution in [3.8, 4) is 0 Å². The molecular weight excluding hydrogens is 340 g/mol. The van der Waals surface area contributed by atoms with Crippen LogP contribution in [0.25, 0.3) is 0 Å². The van der Waals surface area contributed by atoms with Crippen molar-refractivity contribution in [3.05, 3.63) is 40.5 Å². The molecule has 116 valence electrons. The molecule has 0 bridgehead atoms. The lowest BCUT2D eigenvalue weighted by molar-refractivity contribution is 0.726. The van der Waals surface area contributed by atoms with E-state index in [4.69, 9.17) is 4.98 Å². The van der Waals surface area contributed by atoms with E-state index in [-0.39, 0.29) is 0 Å². The molecule has 0 unspecified atom stereocenters. The standard InChI is InChI=1S/C17H21BrN4/c1-13-11-16(22-9-4-2-3-5-10-22)21-17(19-13)20-15-8-6-7-14(18)12-15/h6-8,11-12H,2-5,9-10H2,1H3,(H,19,20,21). The van der Waals surface area contributed by atoms with Crippen LogP contribution >= 0.6 is 15.9 Å². The zero-order valence-corrected chi connectivity index (χ0v) is 14.4. The summed E-state index contributed by atoms with van der Waals surface area (Å²) in [5.41, 5.74) is 1.98. The average Bonchev–Trinajstić information content (AvgIpc) is 2.75. The van der Waals surface area contributed by atoms with E-state index < -0.39 is 0 Å². The Labute approximate surface area is 140 Å². The minimum Gasteiger partial charge on any atom is -0.356 e. The predicted molar refractivity (Wildman–Crippen MR) is 94.9 cm³/mol. The Morgan fingerprint density at radius 2 is 1.82 bits per heavy atom. The van der Waals surface area contributed by atoms with Crippen LogP contribution in [0.2, 0.25) is 0 Å². The van der Waals surface area contributed by atoms with E-state index >= 15 is 0 Å². The molecule has 0 atom stereocenters. The maximum Gasteiger partial charge on any atom is 0.229 e. The number of halogens is 1. The van der Waals surface area contributed by atoms with Gasteiger partial charge in [0.1, 0.15) is 5.82 Å². The maximum atomic E-state index is 4.71. The van der Waals surface area contributed by atoms with Crippen molar-refractivity contribution in [2.24, 2.45) is 0 Å². The fraction of sp³-hybridized carbons (Fsp3) is 0.412. The van der Waals surface area contributed by atoms with Gasteiger partial charge in [-0.1, -0.05) is 34.8 Å². The molecule has 22 heavy (non-hydrogen) atoms. The third-order valence-electron chi connectivity index (χ3n) is 3.85. The SMILES string of the molecule is Cc1cc(N2CCCCCC2)nc(Nc2cccc(Br)c2)n1.